The highest BCUT2D eigenvalue weighted by Gasteiger charge is 2.21. The molecule has 0 bridgehead atoms. The molecule has 1 aliphatic carbocycles. The third-order valence-electron chi connectivity index (χ3n) is 3.64. The van der Waals surface area contributed by atoms with E-state index in [1.807, 2.05) is 13.1 Å². The number of nitrogens with one attached hydrogen (secondary N) is 1. The van der Waals surface area contributed by atoms with E-state index in [4.69, 9.17) is 0 Å². The Morgan fingerprint density at radius 2 is 2.47 bits per heavy atom. The minimum Gasteiger partial charge on any atom is -0.388 e. The van der Waals surface area contributed by atoms with E-state index >= 15 is 0 Å². The lowest BCUT2D eigenvalue weighted by Crippen LogP contribution is -2.12. The Kier molecular flexibility index (Phi) is 2.52. The zero-order valence-electron chi connectivity index (χ0n) is 9.98. The molecule has 4 nitrogen and oxygen atoms in total. The van der Waals surface area contributed by atoms with Crippen LogP contribution in [0.5, 0.6) is 0 Å². The molecule has 0 aromatic carbocycles. The molecule has 0 amide bonds. The van der Waals surface area contributed by atoms with Crippen molar-refractivity contribution in [3.63, 3.8) is 0 Å². The Morgan fingerprint density at radius 3 is 3.24 bits per heavy atom. The SMILES string of the molecule is Cc1[nH]ncc1Cn1ccc2c1CCCC2O. The summed E-state index contributed by atoms with van der Waals surface area (Å²) < 4.78 is 2.23. The summed E-state index contributed by atoms with van der Waals surface area (Å²) in [6, 6.07) is 2.05. The molecule has 1 unspecified atom stereocenters. The van der Waals surface area contributed by atoms with Gasteiger partial charge in [0.2, 0.25) is 0 Å². The second kappa shape index (κ2) is 4.04. The number of aliphatic hydroxyl groups is 1. The first-order valence-corrected chi connectivity index (χ1v) is 6.10. The summed E-state index contributed by atoms with van der Waals surface area (Å²) in [4.78, 5) is 0. The molecular weight excluding hydrogens is 214 g/mol. The number of aromatic amines is 1. The molecule has 2 N–H and O–H groups in total. The average Bonchev–Trinajstić information content (AvgIpc) is 2.89. The summed E-state index contributed by atoms with van der Waals surface area (Å²) in [5, 5.41) is 16.9. The second-order valence-electron chi connectivity index (χ2n) is 4.77. The number of H-pyrrole nitrogens is 1. The first-order chi connectivity index (χ1) is 8.25. The van der Waals surface area contributed by atoms with Crippen LogP contribution < -0.4 is 0 Å². The zero-order chi connectivity index (χ0) is 11.8. The fraction of sp³-hybridized carbons (Fsp3) is 0.462. The van der Waals surface area contributed by atoms with Gasteiger partial charge in [0, 0.05) is 28.7 Å². The topological polar surface area (TPSA) is 53.8 Å². The van der Waals surface area contributed by atoms with Gasteiger partial charge in [0.25, 0.3) is 0 Å². The van der Waals surface area contributed by atoms with E-state index in [1.165, 1.54) is 11.3 Å². The molecule has 0 fully saturated rings. The summed E-state index contributed by atoms with van der Waals surface area (Å²) in [5.74, 6) is 0. The number of hydrogen-bond donors (Lipinski definition) is 2. The Morgan fingerprint density at radius 1 is 1.59 bits per heavy atom. The van der Waals surface area contributed by atoms with Crippen LogP contribution in [0, 0.1) is 6.92 Å². The third-order valence-corrected chi connectivity index (χ3v) is 3.64. The Balaban J connectivity index is 1.92. The number of aliphatic hydroxyl groups excluding tert-OH is 1. The minimum atomic E-state index is -0.273. The van der Waals surface area contributed by atoms with Gasteiger partial charge in [0.15, 0.2) is 0 Å². The van der Waals surface area contributed by atoms with Gasteiger partial charge in [-0.25, -0.2) is 0 Å². The summed E-state index contributed by atoms with van der Waals surface area (Å²) in [6.45, 7) is 2.87. The molecule has 1 atom stereocenters. The first kappa shape index (κ1) is 10.6. The van der Waals surface area contributed by atoms with Gasteiger partial charge in [0.1, 0.15) is 0 Å². The van der Waals surface area contributed by atoms with Gasteiger partial charge in [-0.1, -0.05) is 0 Å². The molecule has 2 aromatic heterocycles. The van der Waals surface area contributed by atoms with Gasteiger partial charge >= 0.3 is 0 Å². The molecule has 4 heteroatoms. The van der Waals surface area contributed by atoms with E-state index in [-0.39, 0.29) is 6.10 Å². The quantitative estimate of drug-likeness (QED) is 0.830. The van der Waals surface area contributed by atoms with Crippen molar-refractivity contribution in [1.29, 1.82) is 0 Å². The fourth-order valence-electron chi connectivity index (χ4n) is 2.60. The van der Waals surface area contributed by atoms with Crippen molar-refractivity contribution >= 4 is 0 Å². The lowest BCUT2D eigenvalue weighted by Gasteiger charge is -2.20. The monoisotopic (exact) mass is 231 g/mol. The predicted molar refractivity (Wildman–Crippen MR) is 64.8 cm³/mol. The minimum absolute atomic E-state index is 0.273. The number of aromatic nitrogens is 3. The van der Waals surface area contributed by atoms with Crippen LogP contribution in [0.3, 0.4) is 0 Å². The molecule has 2 aromatic rings. The van der Waals surface area contributed by atoms with E-state index in [0.29, 0.717) is 0 Å². The highest BCUT2D eigenvalue weighted by atomic mass is 16.3. The lowest BCUT2D eigenvalue weighted by molar-refractivity contribution is 0.156. The molecule has 1 aliphatic rings. The van der Waals surface area contributed by atoms with E-state index in [2.05, 4.69) is 27.0 Å². The normalized spacial score (nSPS) is 19.3. The molecule has 0 spiro atoms. The van der Waals surface area contributed by atoms with Crippen LogP contribution in [-0.4, -0.2) is 19.9 Å². The maximum atomic E-state index is 9.92. The smallest absolute Gasteiger partial charge is 0.0807 e. The molecule has 2 heterocycles. The van der Waals surface area contributed by atoms with Crippen molar-refractivity contribution in [2.24, 2.45) is 0 Å². The van der Waals surface area contributed by atoms with E-state index in [1.54, 1.807) is 0 Å². The van der Waals surface area contributed by atoms with Gasteiger partial charge in [-0.15, -0.1) is 0 Å². The van der Waals surface area contributed by atoms with Crippen molar-refractivity contribution in [2.45, 2.75) is 38.8 Å². The van der Waals surface area contributed by atoms with Crippen molar-refractivity contribution in [2.75, 3.05) is 0 Å². The van der Waals surface area contributed by atoms with Crippen LogP contribution in [0.1, 0.15) is 41.5 Å². The average molecular weight is 231 g/mol. The fourth-order valence-corrected chi connectivity index (χ4v) is 2.60. The number of aryl methyl sites for hydroxylation is 1. The molecule has 0 saturated heterocycles. The summed E-state index contributed by atoms with van der Waals surface area (Å²) in [7, 11) is 0. The van der Waals surface area contributed by atoms with Gasteiger partial charge in [-0.2, -0.15) is 5.10 Å². The van der Waals surface area contributed by atoms with Crippen LogP contribution in [-0.2, 0) is 13.0 Å². The van der Waals surface area contributed by atoms with Crippen LogP contribution >= 0.6 is 0 Å². The molecule has 90 valence electrons. The maximum absolute atomic E-state index is 9.92. The van der Waals surface area contributed by atoms with Crippen molar-refractivity contribution in [3.8, 4) is 0 Å². The molecule has 0 aliphatic heterocycles. The Bertz CT molecular complexity index is 527. The van der Waals surface area contributed by atoms with Crippen LogP contribution in [0.25, 0.3) is 0 Å². The molecule has 0 radical (unpaired) electrons. The molecule has 17 heavy (non-hydrogen) atoms. The number of hydrogen-bond acceptors (Lipinski definition) is 2. The largest absolute Gasteiger partial charge is 0.388 e. The van der Waals surface area contributed by atoms with E-state index < -0.39 is 0 Å². The number of rotatable bonds is 2. The van der Waals surface area contributed by atoms with Gasteiger partial charge in [0.05, 0.1) is 18.8 Å². The highest BCUT2D eigenvalue weighted by molar-refractivity contribution is 5.29. The van der Waals surface area contributed by atoms with Crippen LogP contribution in [0.2, 0.25) is 0 Å². The van der Waals surface area contributed by atoms with Crippen molar-refractivity contribution in [3.05, 3.63) is 41.0 Å². The summed E-state index contributed by atoms with van der Waals surface area (Å²) in [5.41, 5.74) is 4.72. The molecular formula is C13H17N3O. The van der Waals surface area contributed by atoms with Crippen molar-refractivity contribution < 1.29 is 5.11 Å². The summed E-state index contributed by atoms with van der Waals surface area (Å²) in [6.07, 6.45) is 6.71. The Hall–Kier alpha value is -1.55. The first-order valence-electron chi connectivity index (χ1n) is 6.10. The van der Waals surface area contributed by atoms with E-state index in [9.17, 15) is 5.11 Å². The van der Waals surface area contributed by atoms with Crippen LogP contribution in [0.4, 0.5) is 0 Å². The van der Waals surface area contributed by atoms with Gasteiger partial charge < -0.3 is 9.67 Å². The number of nitrogens with zero attached hydrogens (tertiary/aromatic N) is 2. The lowest BCUT2D eigenvalue weighted by atomic mass is 9.95. The summed E-state index contributed by atoms with van der Waals surface area (Å²) >= 11 is 0. The van der Waals surface area contributed by atoms with Gasteiger partial charge in [-0.05, 0) is 32.3 Å². The highest BCUT2D eigenvalue weighted by Crippen LogP contribution is 2.30. The zero-order valence-corrected chi connectivity index (χ0v) is 9.98. The van der Waals surface area contributed by atoms with Crippen molar-refractivity contribution in [1.82, 2.24) is 14.8 Å². The maximum Gasteiger partial charge on any atom is 0.0807 e. The predicted octanol–water partition coefficient (Wildman–Crippen LogP) is 1.94. The second-order valence-corrected chi connectivity index (χ2v) is 4.77. The third kappa shape index (κ3) is 1.78. The molecule has 3 rings (SSSR count). The van der Waals surface area contributed by atoms with E-state index in [0.717, 1.165) is 37.1 Å². The van der Waals surface area contributed by atoms with Gasteiger partial charge in [-0.3, -0.25) is 5.10 Å². The number of fused-ring (bicyclic) bond motifs is 1. The standard InChI is InChI=1S/C13H17N3O/c1-9-10(7-14-15-9)8-16-6-5-11-12(16)3-2-4-13(11)17/h5-7,13,17H,2-4,8H2,1H3,(H,14,15). The Labute approximate surface area is 100 Å². The van der Waals surface area contributed by atoms with Crippen LogP contribution in [0.15, 0.2) is 18.5 Å². The molecule has 0 saturated carbocycles.